The van der Waals surface area contributed by atoms with Crippen LogP contribution in [0.15, 0.2) is 47.5 Å². The number of carbonyl (C=O) groups excluding carboxylic acids is 1. The highest BCUT2D eigenvalue weighted by Gasteiger charge is 2.08. The van der Waals surface area contributed by atoms with E-state index in [2.05, 4.69) is 10.3 Å². The van der Waals surface area contributed by atoms with Gasteiger partial charge in [-0.1, -0.05) is 25.5 Å². The van der Waals surface area contributed by atoms with Crippen molar-refractivity contribution in [3.8, 4) is 11.5 Å². The standard InChI is InChI=1S/C19H22N2O3/c1-3-4-9-19(23)21-16-11-10-15(12-18(16)24-2)20-13-14-7-5-6-8-17(14)22/h5-8,10-13,22H,3-4,9H2,1-2H3,(H,21,23). The van der Waals surface area contributed by atoms with Crippen LogP contribution in [0.1, 0.15) is 31.7 Å². The Balaban J connectivity index is 2.13. The number of nitrogens with one attached hydrogen (secondary N) is 1. The van der Waals surface area contributed by atoms with Gasteiger partial charge in [0, 0.05) is 24.3 Å². The van der Waals surface area contributed by atoms with Crippen molar-refractivity contribution >= 4 is 23.5 Å². The molecule has 0 saturated carbocycles. The Morgan fingerprint density at radius 3 is 2.79 bits per heavy atom. The molecule has 0 radical (unpaired) electrons. The lowest BCUT2D eigenvalue weighted by molar-refractivity contribution is -0.116. The van der Waals surface area contributed by atoms with Gasteiger partial charge in [-0.3, -0.25) is 9.79 Å². The molecule has 0 bridgehead atoms. The van der Waals surface area contributed by atoms with Crippen LogP contribution < -0.4 is 10.1 Å². The summed E-state index contributed by atoms with van der Waals surface area (Å²) in [6, 6.07) is 12.3. The summed E-state index contributed by atoms with van der Waals surface area (Å²) in [6.07, 6.45) is 3.91. The molecular weight excluding hydrogens is 304 g/mol. The topological polar surface area (TPSA) is 70.9 Å². The number of amides is 1. The number of carbonyl (C=O) groups is 1. The van der Waals surface area contributed by atoms with Crippen LogP contribution in [0.5, 0.6) is 11.5 Å². The Morgan fingerprint density at radius 1 is 1.29 bits per heavy atom. The predicted molar refractivity (Wildman–Crippen MR) is 96.5 cm³/mol. The maximum absolute atomic E-state index is 11.8. The quantitative estimate of drug-likeness (QED) is 0.746. The molecule has 0 aromatic heterocycles. The highest BCUT2D eigenvalue weighted by molar-refractivity contribution is 5.92. The molecule has 126 valence electrons. The molecule has 1 amide bonds. The van der Waals surface area contributed by atoms with Crippen molar-refractivity contribution in [3.63, 3.8) is 0 Å². The van der Waals surface area contributed by atoms with Gasteiger partial charge in [0.2, 0.25) is 5.91 Å². The normalized spacial score (nSPS) is 10.8. The average molecular weight is 326 g/mol. The molecule has 2 rings (SSSR count). The first kappa shape index (κ1) is 17.5. The Kier molecular flexibility index (Phi) is 6.37. The minimum absolute atomic E-state index is 0.0272. The first-order valence-electron chi connectivity index (χ1n) is 7.94. The lowest BCUT2D eigenvalue weighted by Crippen LogP contribution is -2.11. The van der Waals surface area contributed by atoms with Gasteiger partial charge in [-0.25, -0.2) is 0 Å². The molecule has 2 aromatic carbocycles. The molecule has 0 aliphatic carbocycles. The van der Waals surface area contributed by atoms with E-state index in [1.807, 2.05) is 13.0 Å². The largest absolute Gasteiger partial charge is 0.507 e. The number of nitrogens with zero attached hydrogens (tertiary/aromatic N) is 1. The molecule has 0 atom stereocenters. The molecular formula is C19H22N2O3. The number of phenols is 1. The summed E-state index contributed by atoms with van der Waals surface area (Å²) >= 11 is 0. The van der Waals surface area contributed by atoms with E-state index in [0.29, 0.717) is 29.1 Å². The fraction of sp³-hybridized carbons (Fsp3) is 0.263. The SMILES string of the molecule is CCCCC(=O)Nc1ccc(N=Cc2ccccc2O)cc1OC. The number of phenolic OH excluding ortho intramolecular Hbond substituents is 1. The number of hydrogen-bond donors (Lipinski definition) is 2. The first-order valence-corrected chi connectivity index (χ1v) is 7.94. The van der Waals surface area contributed by atoms with Crippen molar-refractivity contribution in [3.05, 3.63) is 48.0 Å². The van der Waals surface area contributed by atoms with E-state index in [1.165, 1.54) is 0 Å². The van der Waals surface area contributed by atoms with Crippen molar-refractivity contribution < 1.29 is 14.6 Å². The molecule has 5 heteroatoms. The maximum atomic E-state index is 11.8. The number of unbranched alkanes of at least 4 members (excludes halogenated alkanes) is 1. The number of ether oxygens (including phenoxy) is 1. The van der Waals surface area contributed by atoms with Gasteiger partial charge >= 0.3 is 0 Å². The first-order chi connectivity index (χ1) is 11.6. The van der Waals surface area contributed by atoms with E-state index >= 15 is 0 Å². The van der Waals surface area contributed by atoms with Gasteiger partial charge in [-0.15, -0.1) is 0 Å². The zero-order valence-corrected chi connectivity index (χ0v) is 14.0. The summed E-state index contributed by atoms with van der Waals surface area (Å²) in [5.74, 6) is 0.695. The van der Waals surface area contributed by atoms with Crippen molar-refractivity contribution in [1.82, 2.24) is 0 Å². The fourth-order valence-corrected chi connectivity index (χ4v) is 2.15. The highest BCUT2D eigenvalue weighted by Crippen LogP contribution is 2.29. The van der Waals surface area contributed by atoms with Crippen LogP contribution in [0.3, 0.4) is 0 Å². The van der Waals surface area contributed by atoms with E-state index in [4.69, 9.17) is 4.74 Å². The van der Waals surface area contributed by atoms with Crippen LogP contribution in [-0.2, 0) is 4.79 Å². The maximum Gasteiger partial charge on any atom is 0.224 e. The smallest absolute Gasteiger partial charge is 0.224 e. The number of rotatable bonds is 7. The van der Waals surface area contributed by atoms with E-state index in [0.717, 1.165) is 12.8 Å². The number of methoxy groups -OCH3 is 1. The van der Waals surface area contributed by atoms with Crippen LogP contribution in [0.4, 0.5) is 11.4 Å². The third kappa shape index (κ3) is 4.84. The highest BCUT2D eigenvalue weighted by atomic mass is 16.5. The Hall–Kier alpha value is -2.82. The summed E-state index contributed by atoms with van der Waals surface area (Å²) < 4.78 is 5.33. The third-order valence-electron chi connectivity index (χ3n) is 3.51. The molecule has 2 aromatic rings. The van der Waals surface area contributed by atoms with E-state index in [9.17, 15) is 9.90 Å². The molecule has 0 fully saturated rings. The van der Waals surface area contributed by atoms with Crippen molar-refractivity contribution in [2.45, 2.75) is 26.2 Å². The van der Waals surface area contributed by atoms with Gasteiger partial charge < -0.3 is 15.2 Å². The van der Waals surface area contributed by atoms with Crippen LogP contribution >= 0.6 is 0 Å². The van der Waals surface area contributed by atoms with Crippen molar-refractivity contribution in [1.29, 1.82) is 0 Å². The Labute approximate surface area is 142 Å². The number of anilines is 1. The molecule has 5 nitrogen and oxygen atoms in total. The van der Waals surface area contributed by atoms with Gasteiger partial charge in [0.1, 0.15) is 11.5 Å². The Bertz CT molecular complexity index is 726. The van der Waals surface area contributed by atoms with Crippen molar-refractivity contribution in [2.75, 3.05) is 12.4 Å². The monoisotopic (exact) mass is 326 g/mol. The second kappa shape index (κ2) is 8.72. The Morgan fingerprint density at radius 2 is 2.08 bits per heavy atom. The zero-order valence-electron chi connectivity index (χ0n) is 14.0. The van der Waals surface area contributed by atoms with E-state index < -0.39 is 0 Å². The van der Waals surface area contributed by atoms with Crippen LogP contribution in [0.2, 0.25) is 0 Å². The number of hydrogen-bond acceptors (Lipinski definition) is 4. The fourth-order valence-electron chi connectivity index (χ4n) is 2.15. The molecule has 2 N–H and O–H groups in total. The van der Waals surface area contributed by atoms with Gasteiger partial charge in [-0.05, 0) is 30.7 Å². The number of para-hydroxylation sites is 1. The molecule has 0 spiro atoms. The second-order valence-corrected chi connectivity index (χ2v) is 5.35. The van der Waals surface area contributed by atoms with Gasteiger partial charge in [0.15, 0.2) is 0 Å². The molecule has 24 heavy (non-hydrogen) atoms. The van der Waals surface area contributed by atoms with Gasteiger partial charge in [0.05, 0.1) is 18.5 Å². The van der Waals surface area contributed by atoms with Crippen LogP contribution in [0.25, 0.3) is 0 Å². The van der Waals surface area contributed by atoms with Gasteiger partial charge in [-0.2, -0.15) is 0 Å². The third-order valence-corrected chi connectivity index (χ3v) is 3.51. The lowest BCUT2D eigenvalue weighted by atomic mass is 10.2. The molecule has 0 heterocycles. The summed E-state index contributed by atoms with van der Waals surface area (Å²) in [5, 5.41) is 12.6. The van der Waals surface area contributed by atoms with Crippen LogP contribution in [0, 0.1) is 0 Å². The van der Waals surface area contributed by atoms with E-state index in [-0.39, 0.29) is 11.7 Å². The lowest BCUT2D eigenvalue weighted by Gasteiger charge is -2.10. The molecule has 0 aliphatic heterocycles. The number of aromatic hydroxyl groups is 1. The van der Waals surface area contributed by atoms with Crippen molar-refractivity contribution in [2.24, 2.45) is 4.99 Å². The van der Waals surface area contributed by atoms with Gasteiger partial charge in [0.25, 0.3) is 0 Å². The molecule has 0 unspecified atom stereocenters. The molecule has 0 saturated heterocycles. The summed E-state index contributed by atoms with van der Waals surface area (Å²) in [4.78, 5) is 16.2. The average Bonchev–Trinajstić information content (AvgIpc) is 2.60. The second-order valence-electron chi connectivity index (χ2n) is 5.35. The van der Waals surface area contributed by atoms with Crippen LogP contribution in [-0.4, -0.2) is 24.3 Å². The summed E-state index contributed by atoms with van der Waals surface area (Å²) in [6.45, 7) is 2.05. The summed E-state index contributed by atoms with van der Waals surface area (Å²) in [7, 11) is 1.55. The van der Waals surface area contributed by atoms with E-state index in [1.54, 1.807) is 49.7 Å². The number of aliphatic imine (C=N–C) groups is 1. The minimum atomic E-state index is -0.0272. The minimum Gasteiger partial charge on any atom is -0.507 e. The summed E-state index contributed by atoms with van der Waals surface area (Å²) in [5.41, 5.74) is 1.93. The number of benzene rings is 2. The zero-order chi connectivity index (χ0) is 17.4. The molecule has 0 aliphatic rings. The predicted octanol–water partition coefficient (Wildman–Crippen LogP) is 4.28.